The first-order valence-corrected chi connectivity index (χ1v) is 9.78. The summed E-state index contributed by atoms with van der Waals surface area (Å²) in [4.78, 5) is 15.7. The average molecular weight is 386 g/mol. The van der Waals surface area contributed by atoms with Gasteiger partial charge in [0.2, 0.25) is 5.95 Å². The van der Waals surface area contributed by atoms with E-state index in [-0.39, 0.29) is 0 Å². The van der Waals surface area contributed by atoms with Crippen LogP contribution in [0.2, 0.25) is 0 Å². The lowest BCUT2D eigenvalue weighted by Gasteiger charge is -2.32. The average Bonchev–Trinajstić information content (AvgIpc) is 3.20. The lowest BCUT2D eigenvalue weighted by molar-refractivity contribution is 0.472. The molecule has 3 aromatic heterocycles. The van der Waals surface area contributed by atoms with Gasteiger partial charge in [0.15, 0.2) is 5.65 Å². The van der Waals surface area contributed by atoms with E-state index in [0.717, 1.165) is 42.7 Å². The molecule has 1 aliphatic rings. The third-order valence-electron chi connectivity index (χ3n) is 5.64. The fraction of sp³-hybridized carbons (Fsp3) is 0.227. The molecule has 0 amide bonds. The van der Waals surface area contributed by atoms with Crippen molar-refractivity contribution < 1.29 is 5.11 Å². The molecule has 1 aliphatic heterocycles. The van der Waals surface area contributed by atoms with Crippen LogP contribution < -0.4 is 10.6 Å². The van der Waals surface area contributed by atoms with E-state index in [4.69, 9.17) is 10.7 Å². The number of nitrogen functional groups attached to an aromatic ring is 1. The van der Waals surface area contributed by atoms with Gasteiger partial charge in [0.05, 0.1) is 11.1 Å². The van der Waals surface area contributed by atoms with E-state index in [1.807, 2.05) is 41.1 Å². The Bertz CT molecular complexity index is 1130. The molecule has 0 atom stereocenters. The van der Waals surface area contributed by atoms with Crippen LogP contribution in [0.4, 0.5) is 11.8 Å². The molecule has 0 unspecified atom stereocenters. The molecule has 146 valence electrons. The fourth-order valence-electron chi connectivity index (χ4n) is 4.04. The van der Waals surface area contributed by atoms with E-state index < -0.39 is 0 Å². The normalized spacial score (nSPS) is 15.1. The number of aromatic nitrogens is 4. The van der Waals surface area contributed by atoms with Gasteiger partial charge in [-0.2, -0.15) is 9.97 Å². The maximum atomic E-state index is 9.50. The van der Waals surface area contributed by atoms with Crippen molar-refractivity contribution in [1.82, 2.24) is 19.5 Å². The summed E-state index contributed by atoms with van der Waals surface area (Å²) in [5.41, 5.74) is 9.32. The summed E-state index contributed by atoms with van der Waals surface area (Å²) in [5, 5.41) is 10.4. The van der Waals surface area contributed by atoms with Crippen molar-refractivity contribution in [3.63, 3.8) is 0 Å². The first-order valence-electron chi connectivity index (χ1n) is 9.78. The Morgan fingerprint density at radius 2 is 1.66 bits per heavy atom. The van der Waals surface area contributed by atoms with Gasteiger partial charge in [0.25, 0.3) is 0 Å². The molecule has 29 heavy (non-hydrogen) atoms. The molecular weight excluding hydrogens is 364 g/mol. The predicted molar refractivity (Wildman–Crippen MR) is 113 cm³/mol. The molecule has 4 aromatic rings. The van der Waals surface area contributed by atoms with E-state index in [2.05, 4.69) is 14.9 Å². The minimum absolute atomic E-state index is 0.306. The summed E-state index contributed by atoms with van der Waals surface area (Å²) in [6, 6.07) is 13.4. The van der Waals surface area contributed by atoms with Crippen LogP contribution in [-0.2, 0) is 0 Å². The highest BCUT2D eigenvalue weighted by atomic mass is 16.3. The van der Waals surface area contributed by atoms with Crippen molar-refractivity contribution in [2.45, 2.75) is 18.8 Å². The molecule has 1 aromatic carbocycles. The number of phenols is 1. The second-order valence-corrected chi connectivity index (χ2v) is 7.39. The number of phenolic OH excluding ortho intramolecular Hbond substituents is 1. The zero-order valence-electron chi connectivity index (χ0n) is 15.9. The van der Waals surface area contributed by atoms with Crippen LogP contribution in [0.25, 0.3) is 16.7 Å². The molecular formula is C22H22N6O. The topological polar surface area (TPSA) is 93.1 Å². The van der Waals surface area contributed by atoms with Crippen molar-refractivity contribution in [1.29, 1.82) is 0 Å². The van der Waals surface area contributed by atoms with Crippen LogP contribution in [-0.4, -0.2) is 37.7 Å². The Labute approximate surface area is 168 Å². The van der Waals surface area contributed by atoms with Gasteiger partial charge in [-0.3, -0.25) is 4.98 Å². The molecule has 0 spiro atoms. The maximum Gasteiger partial charge on any atom is 0.229 e. The first-order chi connectivity index (χ1) is 14.2. The molecule has 0 radical (unpaired) electrons. The number of fused-ring (bicyclic) bond motifs is 1. The molecule has 7 heteroatoms. The largest absolute Gasteiger partial charge is 0.508 e. The minimum atomic E-state index is 0.306. The van der Waals surface area contributed by atoms with Crippen molar-refractivity contribution >= 4 is 22.8 Å². The number of nitrogens with zero attached hydrogens (tertiary/aromatic N) is 5. The summed E-state index contributed by atoms with van der Waals surface area (Å²) >= 11 is 0. The molecule has 3 N–H and O–H groups in total. The van der Waals surface area contributed by atoms with Gasteiger partial charge < -0.3 is 20.3 Å². The van der Waals surface area contributed by atoms with Gasteiger partial charge >= 0.3 is 0 Å². The van der Waals surface area contributed by atoms with Crippen LogP contribution in [0.1, 0.15) is 24.3 Å². The fourth-order valence-corrected chi connectivity index (χ4v) is 4.04. The highest BCUT2D eigenvalue weighted by Gasteiger charge is 2.23. The summed E-state index contributed by atoms with van der Waals surface area (Å²) in [6.07, 6.45) is 7.52. The van der Waals surface area contributed by atoms with E-state index >= 15 is 0 Å². The summed E-state index contributed by atoms with van der Waals surface area (Å²) in [7, 11) is 0. The lowest BCUT2D eigenvalue weighted by atomic mass is 9.89. The first kappa shape index (κ1) is 17.5. The van der Waals surface area contributed by atoms with Gasteiger partial charge in [0, 0.05) is 31.7 Å². The van der Waals surface area contributed by atoms with Crippen molar-refractivity contribution in [3.05, 3.63) is 66.6 Å². The third kappa shape index (κ3) is 3.24. The second kappa shape index (κ2) is 7.09. The Kier molecular flexibility index (Phi) is 4.27. The number of nitrogens with two attached hydrogens (primary N) is 1. The van der Waals surface area contributed by atoms with Gasteiger partial charge in [-0.1, -0.05) is 12.1 Å². The zero-order valence-corrected chi connectivity index (χ0v) is 15.9. The minimum Gasteiger partial charge on any atom is -0.508 e. The summed E-state index contributed by atoms with van der Waals surface area (Å²) < 4.78 is 2.02. The number of hydrogen-bond acceptors (Lipinski definition) is 6. The van der Waals surface area contributed by atoms with Crippen LogP contribution in [0, 0.1) is 0 Å². The molecule has 5 rings (SSSR count). The number of rotatable bonds is 3. The number of pyridine rings is 1. The molecule has 0 saturated carbocycles. The molecule has 7 nitrogen and oxygen atoms in total. The molecule has 1 fully saturated rings. The summed E-state index contributed by atoms with van der Waals surface area (Å²) in [5.74, 6) is 1.96. The van der Waals surface area contributed by atoms with Gasteiger partial charge in [-0.05, 0) is 54.7 Å². The quantitative estimate of drug-likeness (QED) is 0.560. The number of piperidine rings is 1. The van der Waals surface area contributed by atoms with Crippen LogP contribution in [0.15, 0.2) is 61.1 Å². The molecule has 4 heterocycles. The Morgan fingerprint density at radius 3 is 2.38 bits per heavy atom. The van der Waals surface area contributed by atoms with E-state index in [1.54, 1.807) is 24.5 Å². The van der Waals surface area contributed by atoms with Crippen molar-refractivity contribution in [2.24, 2.45) is 0 Å². The Hall–Kier alpha value is -3.61. The maximum absolute atomic E-state index is 9.50. The second-order valence-electron chi connectivity index (χ2n) is 7.39. The molecule has 0 bridgehead atoms. The van der Waals surface area contributed by atoms with Gasteiger partial charge in [0.1, 0.15) is 11.6 Å². The monoisotopic (exact) mass is 386 g/mol. The van der Waals surface area contributed by atoms with Crippen LogP contribution >= 0.6 is 0 Å². The standard InChI is InChI=1S/C22H22N6O/c23-20-19-9-14-28(17-5-10-24-11-6-17)21(19)26-22(25-20)27-12-7-16(8-13-27)15-1-3-18(29)4-2-15/h1-6,9-11,14,16,29H,7-8,12-13H2,(H2,23,25,26). The number of hydrogen-bond donors (Lipinski definition) is 2. The van der Waals surface area contributed by atoms with Gasteiger partial charge in [-0.15, -0.1) is 0 Å². The van der Waals surface area contributed by atoms with Crippen LogP contribution in [0.3, 0.4) is 0 Å². The Morgan fingerprint density at radius 1 is 0.931 bits per heavy atom. The predicted octanol–water partition coefficient (Wildman–Crippen LogP) is 3.49. The number of benzene rings is 1. The van der Waals surface area contributed by atoms with Crippen LogP contribution in [0.5, 0.6) is 5.75 Å². The molecule has 1 saturated heterocycles. The van der Waals surface area contributed by atoms with E-state index in [1.165, 1.54) is 5.56 Å². The Balaban J connectivity index is 1.42. The molecule has 0 aliphatic carbocycles. The number of anilines is 2. The van der Waals surface area contributed by atoms with E-state index in [0.29, 0.717) is 23.4 Å². The van der Waals surface area contributed by atoms with Crippen molar-refractivity contribution in [3.8, 4) is 11.4 Å². The smallest absolute Gasteiger partial charge is 0.229 e. The number of aromatic hydroxyl groups is 1. The zero-order chi connectivity index (χ0) is 19.8. The summed E-state index contributed by atoms with van der Waals surface area (Å²) in [6.45, 7) is 1.74. The lowest BCUT2D eigenvalue weighted by Crippen LogP contribution is -2.34. The van der Waals surface area contributed by atoms with Gasteiger partial charge in [-0.25, -0.2) is 0 Å². The van der Waals surface area contributed by atoms with Crippen molar-refractivity contribution in [2.75, 3.05) is 23.7 Å². The third-order valence-corrected chi connectivity index (χ3v) is 5.64. The highest BCUT2D eigenvalue weighted by molar-refractivity contribution is 5.88. The SMILES string of the molecule is Nc1nc(N2CCC(c3ccc(O)cc3)CC2)nc2c1ccn2-c1ccncc1. The highest BCUT2D eigenvalue weighted by Crippen LogP contribution is 2.32. The van der Waals surface area contributed by atoms with E-state index in [9.17, 15) is 5.11 Å².